The molecule has 0 spiro atoms. The summed E-state index contributed by atoms with van der Waals surface area (Å²) in [6.45, 7) is 0. The van der Waals surface area contributed by atoms with Crippen molar-refractivity contribution in [3.05, 3.63) is 40.9 Å². The van der Waals surface area contributed by atoms with Gasteiger partial charge >= 0.3 is 15.6 Å². The van der Waals surface area contributed by atoms with Crippen molar-refractivity contribution in [1.82, 2.24) is 4.98 Å². The molecule has 0 saturated carbocycles. The van der Waals surface area contributed by atoms with Crippen LogP contribution in [0, 0.1) is 0 Å². The van der Waals surface area contributed by atoms with Crippen LogP contribution in [0.1, 0.15) is 25.0 Å². The van der Waals surface area contributed by atoms with Crippen LogP contribution in [0.5, 0.6) is 0 Å². The molecular weight excluding hydrogens is 350 g/mol. The Morgan fingerprint density at radius 1 is 1.36 bits per heavy atom. The maximum absolute atomic E-state index is 14.8. The first-order valence-electron chi connectivity index (χ1n) is 6.05. The third-order valence-corrected chi connectivity index (χ3v) is 4.41. The predicted molar refractivity (Wildman–Crippen MR) is 70.0 cm³/mol. The van der Waals surface area contributed by atoms with E-state index in [1.54, 1.807) is 0 Å². The molecule has 0 N–H and O–H groups in total. The Hall–Kier alpha value is -1.35. The van der Waals surface area contributed by atoms with Crippen molar-refractivity contribution < 1.29 is 30.2 Å². The first-order chi connectivity index (χ1) is 10.1. The van der Waals surface area contributed by atoms with Crippen molar-refractivity contribution in [2.45, 2.75) is 30.4 Å². The second-order valence-electron chi connectivity index (χ2n) is 4.66. The van der Waals surface area contributed by atoms with Gasteiger partial charge in [-0.25, -0.2) is 4.39 Å². The Labute approximate surface area is 128 Å². The van der Waals surface area contributed by atoms with Crippen molar-refractivity contribution in [2.75, 3.05) is 0 Å². The topological polar surface area (TPSA) is 56.3 Å². The zero-order chi connectivity index (χ0) is 16.6. The Bertz CT molecular complexity index is 705. The predicted octanol–water partition coefficient (Wildman–Crippen LogP) is 3.83. The lowest BCUT2D eigenvalue weighted by Gasteiger charge is -2.28. The molecule has 0 aliphatic heterocycles. The van der Waals surface area contributed by atoms with Gasteiger partial charge in [-0.05, 0) is 24.6 Å². The van der Waals surface area contributed by atoms with Crippen LogP contribution in [0.25, 0.3) is 0 Å². The lowest BCUT2D eigenvalue weighted by Crippen LogP contribution is -2.28. The van der Waals surface area contributed by atoms with E-state index in [0.29, 0.717) is 0 Å². The number of halogens is 5. The fraction of sp³-hybridized carbons (Fsp3) is 0.417. The number of nitrogens with zero attached hydrogens (tertiary/aromatic N) is 1. The fourth-order valence-corrected chi connectivity index (χ4v) is 2.81. The van der Waals surface area contributed by atoms with Gasteiger partial charge in [-0.15, -0.1) is 0 Å². The normalized spacial score (nSPS) is 23.0. The van der Waals surface area contributed by atoms with Gasteiger partial charge in [0.25, 0.3) is 0 Å². The Morgan fingerprint density at radius 3 is 2.55 bits per heavy atom. The minimum atomic E-state index is -5.74. The SMILES string of the molecule is O=S(=O)(OC1=CCC(F)(c2ncccc2Cl)CC1)C(F)(F)F. The first kappa shape index (κ1) is 17.0. The van der Waals surface area contributed by atoms with Crippen molar-refractivity contribution in [3.63, 3.8) is 0 Å². The lowest BCUT2D eigenvalue weighted by atomic mass is 9.87. The molecule has 1 atom stereocenters. The molecule has 0 amide bonds. The summed E-state index contributed by atoms with van der Waals surface area (Å²) < 4.78 is 77.2. The third-order valence-electron chi connectivity index (χ3n) is 3.10. The highest BCUT2D eigenvalue weighted by molar-refractivity contribution is 7.87. The molecule has 1 aromatic heterocycles. The smallest absolute Gasteiger partial charge is 0.381 e. The van der Waals surface area contributed by atoms with Crippen LogP contribution in [-0.2, 0) is 20.0 Å². The number of rotatable bonds is 3. The van der Waals surface area contributed by atoms with Crippen LogP contribution < -0.4 is 0 Å². The summed E-state index contributed by atoms with van der Waals surface area (Å²) in [7, 11) is -5.74. The number of aromatic nitrogens is 1. The van der Waals surface area contributed by atoms with E-state index in [9.17, 15) is 26.0 Å². The van der Waals surface area contributed by atoms with E-state index in [2.05, 4.69) is 9.17 Å². The zero-order valence-corrected chi connectivity index (χ0v) is 12.5. The van der Waals surface area contributed by atoms with Gasteiger partial charge in [0.2, 0.25) is 0 Å². The molecule has 22 heavy (non-hydrogen) atoms. The van der Waals surface area contributed by atoms with E-state index < -0.39 is 27.1 Å². The molecule has 1 unspecified atom stereocenters. The molecule has 1 aliphatic carbocycles. The van der Waals surface area contributed by atoms with Gasteiger partial charge in [0.15, 0.2) is 5.67 Å². The number of allylic oxidation sites excluding steroid dienone is 2. The van der Waals surface area contributed by atoms with Crippen molar-refractivity contribution in [1.29, 1.82) is 0 Å². The molecule has 122 valence electrons. The molecular formula is C12H10ClF4NO3S. The maximum atomic E-state index is 14.8. The molecule has 1 heterocycles. The van der Waals surface area contributed by atoms with E-state index in [0.717, 1.165) is 6.08 Å². The Morgan fingerprint density at radius 2 is 2.05 bits per heavy atom. The van der Waals surface area contributed by atoms with Gasteiger partial charge < -0.3 is 4.18 Å². The number of hydrogen-bond acceptors (Lipinski definition) is 4. The van der Waals surface area contributed by atoms with Crippen LogP contribution in [0.2, 0.25) is 5.02 Å². The van der Waals surface area contributed by atoms with E-state index >= 15 is 0 Å². The molecule has 0 fully saturated rings. The summed E-state index contributed by atoms with van der Waals surface area (Å²) in [5.41, 5.74) is -7.54. The van der Waals surface area contributed by atoms with Crippen LogP contribution in [0.4, 0.5) is 17.6 Å². The van der Waals surface area contributed by atoms with Crippen LogP contribution >= 0.6 is 11.6 Å². The van der Waals surface area contributed by atoms with Crippen molar-refractivity contribution in [3.8, 4) is 0 Å². The highest BCUT2D eigenvalue weighted by atomic mass is 35.5. The number of pyridine rings is 1. The van der Waals surface area contributed by atoms with Gasteiger partial charge in [-0.3, -0.25) is 4.98 Å². The second-order valence-corrected chi connectivity index (χ2v) is 6.60. The molecule has 0 bridgehead atoms. The molecule has 0 radical (unpaired) electrons. The number of alkyl halides is 4. The highest BCUT2D eigenvalue weighted by Gasteiger charge is 2.49. The van der Waals surface area contributed by atoms with E-state index in [1.165, 1.54) is 18.3 Å². The van der Waals surface area contributed by atoms with Crippen molar-refractivity contribution in [2.24, 2.45) is 0 Å². The average Bonchev–Trinajstić information content (AvgIpc) is 2.40. The Kier molecular flexibility index (Phi) is 4.40. The van der Waals surface area contributed by atoms with Crippen LogP contribution in [0.15, 0.2) is 30.2 Å². The van der Waals surface area contributed by atoms with Gasteiger partial charge in [-0.1, -0.05) is 11.6 Å². The summed E-state index contributed by atoms with van der Waals surface area (Å²) >= 11 is 5.85. The molecule has 0 aromatic carbocycles. The molecule has 10 heteroatoms. The minimum Gasteiger partial charge on any atom is -0.381 e. The second kappa shape index (κ2) is 5.69. The Balaban J connectivity index is 2.18. The average molecular weight is 360 g/mol. The summed E-state index contributed by atoms with van der Waals surface area (Å²) in [4.78, 5) is 3.84. The fourth-order valence-electron chi connectivity index (χ4n) is 2.00. The van der Waals surface area contributed by atoms with Crippen LogP contribution in [-0.4, -0.2) is 18.9 Å². The van der Waals surface area contributed by atoms with E-state index in [-0.39, 0.29) is 30.0 Å². The summed E-state index contributed by atoms with van der Waals surface area (Å²) in [6.07, 6.45) is 1.32. The standard InChI is InChI=1S/C12H10ClF4NO3S/c13-9-2-1-7-18-10(9)11(14)5-3-8(4-6-11)21-22(19,20)12(15,16)17/h1-3,7H,4-6H2. The van der Waals surface area contributed by atoms with Gasteiger partial charge in [0, 0.05) is 19.0 Å². The van der Waals surface area contributed by atoms with E-state index in [4.69, 9.17) is 11.6 Å². The van der Waals surface area contributed by atoms with Crippen molar-refractivity contribution >= 4 is 21.7 Å². The van der Waals surface area contributed by atoms with Gasteiger partial charge in [-0.2, -0.15) is 21.6 Å². The highest BCUT2D eigenvalue weighted by Crippen LogP contribution is 2.42. The lowest BCUT2D eigenvalue weighted by molar-refractivity contribution is -0.0526. The maximum Gasteiger partial charge on any atom is 0.534 e. The molecule has 1 aromatic rings. The minimum absolute atomic E-state index is 0.0364. The van der Waals surface area contributed by atoms with Gasteiger partial charge in [0.1, 0.15) is 5.76 Å². The molecule has 0 saturated heterocycles. The summed E-state index contributed by atoms with van der Waals surface area (Å²) in [6, 6.07) is 2.95. The monoisotopic (exact) mass is 359 g/mol. The number of hydrogen-bond donors (Lipinski definition) is 0. The summed E-state index contributed by atoms with van der Waals surface area (Å²) in [5, 5.41) is 0.0886. The molecule has 2 rings (SSSR count). The third kappa shape index (κ3) is 3.35. The quantitative estimate of drug-likeness (QED) is 0.467. The van der Waals surface area contributed by atoms with Gasteiger partial charge in [0.05, 0.1) is 10.7 Å². The molecule has 1 aliphatic rings. The summed E-state index contributed by atoms with van der Waals surface area (Å²) in [5.74, 6) is -0.447. The largest absolute Gasteiger partial charge is 0.534 e. The van der Waals surface area contributed by atoms with E-state index in [1.807, 2.05) is 0 Å². The van der Waals surface area contributed by atoms with Crippen LogP contribution in [0.3, 0.4) is 0 Å². The zero-order valence-electron chi connectivity index (χ0n) is 10.9. The molecule has 4 nitrogen and oxygen atoms in total. The first-order valence-corrected chi connectivity index (χ1v) is 7.83.